The average molecular weight is 248 g/mol. The lowest BCUT2D eigenvalue weighted by Crippen LogP contribution is -2.03. The number of rotatable bonds is 2. The van der Waals surface area contributed by atoms with Crippen molar-refractivity contribution in [3.63, 3.8) is 0 Å². The maximum atomic E-state index is 12.3. The topological polar surface area (TPSA) is 50.4 Å². The number of halogens is 3. The number of furan rings is 1. The Morgan fingerprint density at radius 1 is 1.41 bits per heavy atom. The molecule has 0 spiro atoms. The van der Waals surface area contributed by atoms with Crippen molar-refractivity contribution in [2.75, 3.05) is 0 Å². The molecule has 2 atom stereocenters. The molecule has 17 heavy (non-hydrogen) atoms. The minimum Gasteiger partial charge on any atom is -0.481 e. The van der Waals surface area contributed by atoms with E-state index >= 15 is 0 Å². The van der Waals surface area contributed by atoms with E-state index in [1.54, 1.807) is 13.8 Å². The van der Waals surface area contributed by atoms with Gasteiger partial charge in [-0.1, -0.05) is 13.8 Å². The highest BCUT2D eigenvalue weighted by Gasteiger charge is 2.64. The molecule has 0 amide bonds. The zero-order valence-electron chi connectivity index (χ0n) is 9.21. The average Bonchev–Trinajstić information content (AvgIpc) is 2.59. The van der Waals surface area contributed by atoms with Crippen molar-refractivity contribution in [1.82, 2.24) is 0 Å². The summed E-state index contributed by atoms with van der Waals surface area (Å²) in [5.41, 5.74) is -0.563. The predicted octanol–water partition coefficient (Wildman–Crippen LogP) is 3.12. The second-order valence-electron chi connectivity index (χ2n) is 4.81. The van der Waals surface area contributed by atoms with Crippen LogP contribution in [-0.4, -0.2) is 11.1 Å². The fourth-order valence-corrected chi connectivity index (χ4v) is 2.30. The Bertz CT molecular complexity index is 459. The van der Waals surface area contributed by atoms with Crippen molar-refractivity contribution in [3.8, 4) is 0 Å². The molecule has 0 bridgehead atoms. The first-order valence-electron chi connectivity index (χ1n) is 5.05. The fourth-order valence-electron chi connectivity index (χ4n) is 2.30. The lowest BCUT2D eigenvalue weighted by molar-refractivity contribution is -0.153. The largest absolute Gasteiger partial charge is 0.481 e. The summed E-state index contributed by atoms with van der Waals surface area (Å²) in [5, 5.41) is 8.92. The maximum Gasteiger partial charge on any atom is 0.449 e. The van der Waals surface area contributed by atoms with Crippen LogP contribution < -0.4 is 0 Å². The Hall–Kier alpha value is -1.46. The Labute approximate surface area is 95.2 Å². The van der Waals surface area contributed by atoms with Gasteiger partial charge in [0.15, 0.2) is 0 Å². The van der Waals surface area contributed by atoms with Gasteiger partial charge in [-0.25, -0.2) is 0 Å². The Morgan fingerprint density at radius 3 is 2.35 bits per heavy atom. The lowest BCUT2D eigenvalue weighted by atomic mass is 10.1. The Balaban J connectivity index is 2.26. The van der Waals surface area contributed by atoms with Crippen molar-refractivity contribution in [2.45, 2.75) is 25.9 Å². The van der Waals surface area contributed by atoms with Crippen LogP contribution in [0.5, 0.6) is 0 Å². The van der Waals surface area contributed by atoms with E-state index in [0.717, 1.165) is 6.07 Å². The van der Waals surface area contributed by atoms with E-state index in [2.05, 4.69) is 0 Å². The van der Waals surface area contributed by atoms with Crippen molar-refractivity contribution in [2.24, 2.45) is 11.3 Å². The molecule has 3 nitrogen and oxygen atoms in total. The van der Waals surface area contributed by atoms with E-state index < -0.39 is 35.2 Å². The molecule has 1 saturated carbocycles. The van der Waals surface area contributed by atoms with Gasteiger partial charge < -0.3 is 9.52 Å². The first kappa shape index (κ1) is 12.0. The van der Waals surface area contributed by atoms with E-state index in [4.69, 9.17) is 9.52 Å². The second kappa shape index (κ2) is 3.27. The first-order valence-corrected chi connectivity index (χ1v) is 5.05. The molecule has 2 rings (SSSR count). The maximum absolute atomic E-state index is 12.3. The van der Waals surface area contributed by atoms with Crippen LogP contribution in [0, 0.1) is 11.3 Å². The fraction of sp³-hybridized carbons (Fsp3) is 0.545. The molecule has 94 valence electrons. The van der Waals surface area contributed by atoms with Crippen molar-refractivity contribution in [3.05, 3.63) is 23.7 Å². The number of carboxylic acid groups (broad SMARTS) is 1. The summed E-state index contributed by atoms with van der Waals surface area (Å²) in [5.74, 6) is -3.18. The third kappa shape index (κ3) is 1.81. The molecular formula is C11H11F3O3. The van der Waals surface area contributed by atoms with E-state index in [1.165, 1.54) is 6.07 Å². The minimum absolute atomic E-state index is 0.0923. The van der Waals surface area contributed by atoms with E-state index in [9.17, 15) is 18.0 Å². The van der Waals surface area contributed by atoms with Gasteiger partial charge in [-0.05, 0) is 17.5 Å². The van der Waals surface area contributed by atoms with Crippen LogP contribution in [0.15, 0.2) is 16.5 Å². The normalized spacial score (nSPS) is 26.9. The van der Waals surface area contributed by atoms with E-state index in [-0.39, 0.29) is 5.76 Å². The first-order chi connectivity index (χ1) is 7.65. The summed E-state index contributed by atoms with van der Waals surface area (Å²) < 4.78 is 41.7. The molecule has 1 aromatic rings. The smallest absolute Gasteiger partial charge is 0.449 e. The third-order valence-electron chi connectivity index (χ3n) is 3.31. The van der Waals surface area contributed by atoms with Gasteiger partial charge in [0.05, 0.1) is 5.92 Å². The molecule has 0 saturated heterocycles. The molecule has 1 aliphatic rings. The predicted molar refractivity (Wildman–Crippen MR) is 51.4 cm³/mol. The van der Waals surface area contributed by atoms with E-state index in [0.29, 0.717) is 0 Å². The number of carboxylic acids is 1. The van der Waals surface area contributed by atoms with Gasteiger partial charge in [-0.2, -0.15) is 13.2 Å². The molecule has 1 N–H and O–H groups in total. The van der Waals surface area contributed by atoms with Gasteiger partial charge in [0.2, 0.25) is 5.76 Å². The van der Waals surface area contributed by atoms with Gasteiger partial charge in [0, 0.05) is 5.92 Å². The Kier molecular flexibility index (Phi) is 2.31. The van der Waals surface area contributed by atoms with Gasteiger partial charge in [0.25, 0.3) is 0 Å². The van der Waals surface area contributed by atoms with Gasteiger partial charge in [0.1, 0.15) is 5.76 Å². The number of aliphatic carboxylic acids is 1. The molecule has 1 fully saturated rings. The Morgan fingerprint density at radius 2 is 2.00 bits per heavy atom. The summed E-state index contributed by atoms with van der Waals surface area (Å²) in [6.07, 6.45) is -4.53. The highest BCUT2D eigenvalue weighted by molar-refractivity contribution is 5.77. The third-order valence-corrected chi connectivity index (χ3v) is 3.31. The molecule has 1 aromatic heterocycles. The minimum atomic E-state index is -4.53. The molecule has 1 heterocycles. The van der Waals surface area contributed by atoms with Gasteiger partial charge >= 0.3 is 12.1 Å². The summed E-state index contributed by atoms with van der Waals surface area (Å²) in [6, 6.07) is 2.04. The number of hydrogen-bond donors (Lipinski definition) is 1. The molecule has 0 aliphatic heterocycles. The zero-order valence-corrected chi connectivity index (χ0v) is 9.21. The number of alkyl halides is 3. The molecule has 0 radical (unpaired) electrons. The lowest BCUT2D eigenvalue weighted by Gasteiger charge is -2.01. The molecule has 0 aromatic carbocycles. The van der Waals surface area contributed by atoms with Crippen LogP contribution in [0.1, 0.15) is 31.3 Å². The quantitative estimate of drug-likeness (QED) is 0.874. The van der Waals surface area contributed by atoms with Gasteiger partial charge in [-0.3, -0.25) is 4.79 Å². The van der Waals surface area contributed by atoms with Crippen LogP contribution in [0.25, 0.3) is 0 Å². The van der Waals surface area contributed by atoms with Crippen LogP contribution in [0.3, 0.4) is 0 Å². The summed E-state index contributed by atoms with van der Waals surface area (Å²) in [6.45, 7) is 3.40. The van der Waals surface area contributed by atoms with Crippen molar-refractivity contribution in [1.29, 1.82) is 0 Å². The van der Waals surface area contributed by atoms with Crippen LogP contribution in [-0.2, 0) is 11.0 Å². The molecule has 0 unspecified atom stereocenters. The van der Waals surface area contributed by atoms with Gasteiger partial charge in [-0.15, -0.1) is 0 Å². The number of carbonyl (C=O) groups is 1. The molecule has 6 heteroatoms. The number of hydrogen-bond acceptors (Lipinski definition) is 2. The van der Waals surface area contributed by atoms with Crippen molar-refractivity contribution >= 4 is 5.97 Å². The van der Waals surface area contributed by atoms with Crippen molar-refractivity contribution < 1.29 is 27.5 Å². The second-order valence-corrected chi connectivity index (χ2v) is 4.81. The van der Waals surface area contributed by atoms with Crippen LogP contribution >= 0.6 is 0 Å². The van der Waals surface area contributed by atoms with Crippen LogP contribution in [0.4, 0.5) is 13.2 Å². The van der Waals surface area contributed by atoms with E-state index in [1.807, 2.05) is 0 Å². The van der Waals surface area contributed by atoms with Crippen LogP contribution in [0.2, 0.25) is 0 Å². The monoisotopic (exact) mass is 248 g/mol. The standard InChI is InChI=1S/C11H11F3O3/c1-10(2)7(8(10)9(15)16)5-3-4-6(17-5)11(12,13)14/h3-4,7-8H,1-2H3,(H,15,16)/t7-,8+/m1/s1. The molecule has 1 aliphatic carbocycles. The zero-order chi connectivity index (χ0) is 13.0. The summed E-state index contributed by atoms with van der Waals surface area (Å²) in [4.78, 5) is 10.9. The molecular weight excluding hydrogens is 237 g/mol. The summed E-state index contributed by atoms with van der Waals surface area (Å²) in [7, 11) is 0. The summed E-state index contributed by atoms with van der Waals surface area (Å²) >= 11 is 0. The SMILES string of the molecule is CC1(C)[C@H](C(=O)O)[C@H]1c1ccc(C(F)(F)F)o1. The highest BCUT2D eigenvalue weighted by atomic mass is 19.4. The highest BCUT2D eigenvalue weighted by Crippen LogP contribution is 2.64.